The van der Waals surface area contributed by atoms with Gasteiger partial charge in [-0.2, -0.15) is 5.10 Å². The van der Waals surface area contributed by atoms with Gasteiger partial charge in [0.2, 0.25) is 0 Å². The molecule has 2 rings (SSSR count). The lowest BCUT2D eigenvalue weighted by Gasteiger charge is -2.18. The number of nitrogens with zero attached hydrogens (tertiary/aromatic N) is 2. The molecule has 4 heteroatoms. The second-order valence-electron chi connectivity index (χ2n) is 5.07. The summed E-state index contributed by atoms with van der Waals surface area (Å²) in [5.74, 6) is 0.841. The summed E-state index contributed by atoms with van der Waals surface area (Å²) in [6, 6.07) is 0.572. The molecule has 1 aliphatic carbocycles. The summed E-state index contributed by atoms with van der Waals surface area (Å²) in [5.41, 5.74) is 2.11. The van der Waals surface area contributed by atoms with Crippen LogP contribution in [0.2, 0.25) is 5.02 Å². The van der Waals surface area contributed by atoms with E-state index >= 15 is 0 Å². The summed E-state index contributed by atoms with van der Waals surface area (Å²) in [7, 11) is 1.98. The van der Waals surface area contributed by atoms with Crippen molar-refractivity contribution in [1.82, 2.24) is 15.1 Å². The topological polar surface area (TPSA) is 29.9 Å². The second-order valence-corrected chi connectivity index (χ2v) is 5.45. The Hall–Kier alpha value is -0.540. The summed E-state index contributed by atoms with van der Waals surface area (Å²) < 4.78 is 1.93. The lowest BCUT2D eigenvalue weighted by molar-refractivity contribution is 0.449. The first-order valence-electron chi connectivity index (χ1n) is 6.54. The molecule has 1 aliphatic rings. The van der Waals surface area contributed by atoms with E-state index in [1.54, 1.807) is 0 Å². The van der Waals surface area contributed by atoms with Gasteiger partial charge in [0.25, 0.3) is 0 Å². The molecule has 0 aromatic carbocycles. The monoisotopic (exact) mass is 255 g/mol. The Bertz CT molecular complexity index is 382. The highest BCUT2D eigenvalue weighted by Gasteiger charge is 2.32. The molecule has 1 atom stereocenters. The predicted molar refractivity (Wildman–Crippen MR) is 71.5 cm³/mol. The van der Waals surface area contributed by atoms with Gasteiger partial charge < -0.3 is 5.32 Å². The van der Waals surface area contributed by atoms with Crippen LogP contribution in [0.25, 0.3) is 0 Å². The maximum Gasteiger partial charge on any atom is 0.0847 e. The number of hydrogen-bond donors (Lipinski definition) is 1. The van der Waals surface area contributed by atoms with Gasteiger partial charge in [-0.25, -0.2) is 0 Å². The van der Waals surface area contributed by atoms with Gasteiger partial charge in [-0.1, -0.05) is 18.5 Å². The average molecular weight is 256 g/mol. The van der Waals surface area contributed by atoms with E-state index in [2.05, 4.69) is 17.3 Å². The molecule has 0 saturated heterocycles. The first kappa shape index (κ1) is 12.9. The van der Waals surface area contributed by atoms with E-state index in [1.807, 2.05) is 18.7 Å². The van der Waals surface area contributed by atoms with Gasteiger partial charge in [0, 0.05) is 19.5 Å². The lowest BCUT2D eigenvalue weighted by Crippen LogP contribution is -2.34. The van der Waals surface area contributed by atoms with E-state index in [0.717, 1.165) is 29.6 Å². The van der Waals surface area contributed by atoms with E-state index in [4.69, 9.17) is 11.6 Å². The molecule has 1 aromatic heterocycles. The highest BCUT2D eigenvalue weighted by molar-refractivity contribution is 6.31. The number of aromatic nitrogens is 2. The molecular weight excluding hydrogens is 234 g/mol. The molecule has 1 unspecified atom stereocenters. The quantitative estimate of drug-likeness (QED) is 0.847. The van der Waals surface area contributed by atoms with Gasteiger partial charge >= 0.3 is 0 Å². The molecule has 0 spiro atoms. The van der Waals surface area contributed by atoms with Crippen molar-refractivity contribution in [2.24, 2.45) is 13.0 Å². The summed E-state index contributed by atoms with van der Waals surface area (Å²) >= 11 is 6.31. The third-order valence-electron chi connectivity index (χ3n) is 3.52. The van der Waals surface area contributed by atoms with Crippen molar-refractivity contribution in [1.29, 1.82) is 0 Å². The summed E-state index contributed by atoms with van der Waals surface area (Å²) in [5, 5.41) is 8.87. The maximum atomic E-state index is 6.31. The van der Waals surface area contributed by atoms with Gasteiger partial charge in [0.15, 0.2) is 0 Å². The smallest absolute Gasteiger partial charge is 0.0847 e. The molecule has 3 nitrogen and oxygen atoms in total. The highest BCUT2D eigenvalue weighted by atomic mass is 35.5. The number of aryl methyl sites for hydroxylation is 2. The molecule has 0 amide bonds. The predicted octanol–water partition coefficient (Wildman–Crippen LogP) is 2.70. The Kier molecular flexibility index (Phi) is 4.10. The van der Waals surface area contributed by atoms with Gasteiger partial charge in [-0.3, -0.25) is 4.68 Å². The molecule has 0 bridgehead atoms. The average Bonchev–Trinajstić information content (AvgIpc) is 3.09. The van der Waals surface area contributed by atoms with Gasteiger partial charge in [0.1, 0.15) is 0 Å². The number of halogens is 1. The molecular formula is C13H22ClN3. The van der Waals surface area contributed by atoms with E-state index in [0.29, 0.717) is 6.04 Å². The third kappa shape index (κ3) is 3.02. The van der Waals surface area contributed by atoms with Crippen molar-refractivity contribution in [2.45, 2.75) is 45.6 Å². The molecule has 1 aromatic rings. The summed E-state index contributed by atoms with van der Waals surface area (Å²) in [6.45, 7) is 5.27. The van der Waals surface area contributed by atoms with Crippen molar-refractivity contribution < 1.29 is 0 Å². The van der Waals surface area contributed by atoms with Crippen molar-refractivity contribution in [2.75, 3.05) is 6.54 Å². The fourth-order valence-corrected chi connectivity index (χ4v) is 2.58. The summed E-state index contributed by atoms with van der Waals surface area (Å²) in [4.78, 5) is 0. The molecule has 1 heterocycles. The Morgan fingerprint density at radius 2 is 2.24 bits per heavy atom. The van der Waals surface area contributed by atoms with E-state index < -0.39 is 0 Å². The minimum atomic E-state index is 0.572. The fourth-order valence-electron chi connectivity index (χ4n) is 2.34. The summed E-state index contributed by atoms with van der Waals surface area (Å²) in [6.07, 6.45) is 4.90. The third-order valence-corrected chi connectivity index (χ3v) is 4.01. The first-order valence-corrected chi connectivity index (χ1v) is 6.92. The lowest BCUT2D eigenvalue weighted by atomic mass is 10.1. The van der Waals surface area contributed by atoms with Crippen LogP contribution in [-0.4, -0.2) is 22.4 Å². The van der Waals surface area contributed by atoms with Crippen LogP contribution in [-0.2, 0) is 13.5 Å². The highest BCUT2D eigenvalue weighted by Crippen LogP contribution is 2.35. The normalized spacial score (nSPS) is 17.4. The van der Waals surface area contributed by atoms with Crippen LogP contribution < -0.4 is 5.32 Å². The minimum Gasteiger partial charge on any atom is -0.313 e. The Morgan fingerprint density at radius 3 is 2.71 bits per heavy atom. The van der Waals surface area contributed by atoms with Crippen molar-refractivity contribution in [3.05, 3.63) is 16.4 Å². The van der Waals surface area contributed by atoms with Gasteiger partial charge in [-0.05, 0) is 38.6 Å². The number of rotatable bonds is 6. The van der Waals surface area contributed by atoms with Crippen LogP contribution in [0, 0.1) is 12.8 Å². The number of nitrogens with one attached hydrogen (secondary N) is 1. The standard InChI is InChI=1S/C13H22ClN3/c1-4-7-15-11(10-5-6-10)8-12-13(14)9(2)16-17(12)3/h10-11,15H,4-8H2,1-3H3. The minimum absolute atomic E-state index is 0.572. The zero-order chi connectivity index (χ0) is 12.4. The van der Waals surface area contributed by atoms with Crippen LogP contribution >= 0.6 is 11.6 Å². The maximum absolute atomic E-state index is 6.31. The molecule has 0 radical (unpaired) electrons. The van der Waals surface area contributed by atoms with Crippen molar-refractivity contribution in [3.63, 3.8) is 0 Å². The van der Waals surface area contributed by atoms with Crippen molar-refractivity contribution >= 4 is 11.6 Å². The first-order chi connectivity index (χ1) is 8.13. The zero-order valence-electron chi connectivity index (χ0n) is 11.0. The second kappa shape index (κ2) is 5.40. The van der Waals surface area contributed by atoms with E-state index in [1.165, 1.54) is 25.0 Å². The molecule has 1 fully saturated rings. The Labute approximate surface area is 109 Å². The van der Waals surface area contributed by atoms with Gasteiger partial charge in [-0.15, -0.1) is 0 Å². The largest absolute Gasteiger partial charge is 0.313 e. The molecule has 1 N–H and O–H groups in total. The molecule has 96 valence electrons. The zero-order valence-corrected chi connectivity index (χ0v) is 11.7. The Balaban J connectivity index is 2.05. The molecule has 1 saturated carbocycles. The van der Waals surface area contributed by atoms with Crippen LogP contribution in [0.15, 0.2) is 0 Å². The van der Waals surface area contributed by atoms with Crippen molar-refractivity contribution in [3.8, 4) is 0 Å². The Morgan fingerprint density at radius 1 is 1.53 bits per heavy atom. The van der Waals surface area contributed by atoms with Crippen LogP contribution in [0.5, 0.6) is 0 Å². The van der Waals surface area contributed by atoms with Gasteiger partial charge in [0.05, 0.1) is 16.4 Å². The van der Waals surface area contributed by atoms with Crippen LogP contribution in [0.3, 0.4) is 0 Å². The fraction of sp³-hybridized carbons (Fsp3) is 0.769. The number of hydrogen-bond acceptors (Lipinski definition) is 2. The van der Waals surface area contributed by atoms with Crippen LogP contribution in [0.4, 0.5) is 0 Å². The molecule has 17 heavy (non-hydrogen) atoms. The van der Waals surface area contributed by atoms with E-state index in [9.17, 15) is 0 Å². The SMILES string of the molecule is CCCNC(Cc1c(Cl)c(C)nn1C)C1CC1. The van der Waals surface area contributed by atoms with E-state index in [-0.39, 0.29) is 0 Å². The van der Waals surface area contributed by atoms with Crippen LogP contribution in [0.1, 0.15) is 37.6 Å². The molecule has 0 aliphatic heterocycles.